The summed E-state index contributed by atoms with van der Waals surface area (Å²) in [5.41, 5.74) is 0. The summed E-state index contributed by atoms with van der Waals surface area (Å²) in [4.78, 5) is 10.6. The SMILES string of the molecule is C[S+](=O)(CC1CCCCC1)C(=O)O. The van der Waals surface area contributed by atoms with Gasteiger partial charge in [0.1, 0.15) is 12.0 Å². The van der Waals surface area contributed by atoms with E-state index < -0.39 is 15.2 Å². The minimum Gasteiger partial charge on any atom is -0.441 e. The lowest BCUT2D eigenvalue weighted by atomic mass is 9.91. The predicted molar refractivity (Wildman–Crippen MR) is 53.4 cm³/mol. The summed E-state index contributed by atoms with van der Waals surface area (Å²) in [5.74, 6) is 0.754. The van der Waals surface area contributed by atoms with Crippen LogP contribution in [-0.4, -0.2) is 22.4 Å². The van der Waals surface area contributed by atoms with Gasteiger partial charge in [-0.2, -0.15) is 4.79 Å². The third-order valence-electron chi connectivity index (χ3n) is 2.65. The largest absolute Gasteiger partial charge is 0.525 e. The van der Waals surface area contributed by atoms with Crippen LogP contribution < -0.4 is 0 Å². The molecule has 1 saturated carbocycles. The van der Waals surface area contributed by atoms with Gasteiger partial charge in [0.25, 0.3) is 0 Å². The van der Waals surface area contributed by atoms with Crippen LogP contribution in [0.4, 0.5) is 4.79 Å². The average molecular weight is 205 g/mol. The van der Waals surface area contributed by atoms with Crippen molar-refractivity contribution in [2.75, 3.05) is 12.0 Å². The van der Waals surface area contributed by atoms with Crippen molar-refractivity contribution in [3.8, 4) is 0 Å². The van der Waals surface area contributed by atoms with Crippen molar-refractivity contribution in [1.82, 2.24) is 0 Å². The standard InChI is InChI=1S/C9H16O3S/c1-13(12,9(10)11)7-8-5-3-2-4-6-8/h8H,2-7H2,1H3/p+1. The molecule has 76 valence electrons. The molecule has 1 atom stereocenters. The maximum Gasteiger partial charge on any atom is 0.525 e. The molecule has 0 saturated heterocycles. The van der Waals surface area contributed by atoms with Crippen LogP contribution >= 0.6 is 0 Å². The molecule has 1 aliphatic carbocycles. The number of hydrogen-bond donors (Lipinski definition) is 1. The zero-order valence-corrected chi connectivity index (χ0v) is 8.81. The average Bonchev–Trinajstić information content (AvgIpc) is 2.05. The molecule has 13 heavy (non-hydrogen) atoms. The highest BCUT2D eigenvalue weighted by Crippen LogP contribution is 2.26. The van der Waals surface area contributed by atoms with Gasteiger partial charge in [0.05, 0.1) is 0 Å². The van der Waals surface area contributed by atoms with Crippen molar-refractivity contribution in [2.45, 2.75) is 32.1 Å². The maximum absolute atomic E-state index is 11.6. The van der Waals surface area contributed by atoms with Crippen LogP contribution in [0.3, 0.4) is 0 Å². The van der Waals surface area contributed by atoms with Crippen LogP contribution in [0.25, 0.3) is 0 Å². The van der Waals surface area contributed by atoms with Crippen LogP contribution in [0.2, 0.25) is 0 Å². The maximum atomic E-state index is 11.6. The van der Waals surface area contributed by atoms with Crippen molar-refractivity contribution in [2.24, 2.45) is 5.92 Å². The molecule has 0 aromatic carbocycles. The molecule has 1 N–H and O–H groups in total. The highest BCUT2D eigenvalue weighted by molar-refractivity contribution is 8.15. The van der Waals surface area contributed by atoms with E-state index in [1.54, 1.807) is 0 Å². The molecule has 1 rings (SSSR count). The van der Waals surface area contributed by atoms with E-state index in [9.17, 15) is 9.00 Å². The lowest BCUT2D eigenvalue weighted by molar-refractivity contribution is 0.219. The van der Waals surface area contributed by atoms with E-state index >= 15 is 0 Å². The minimum absolute atomic E-state index is 0.377. The highest BCUT2D eigenvalue weighted by Gasteiger charge is 2.35. The second-order valence-corrected chi connectivity index (χ2v) is 6.63. The Morgan fingerprint density at radius 2 is 1.92 bits per heavy atom. The Hall–Kier alpha value is -0.380. The zero-order valence-electron chi connectivity index (χ0n) is 7.99. The Bertz CT molecular complexity index is 231. The van der Waals surface area contributed by atoms with Gasteiger partial charge in [0.15, 0.2) is 9.93 Å². The summed E-state index contributed by atoms with van der Waals surface area (Å²) >= 11 is 0. The monoisotopic (exact) mass is 205 g/mol. The number of rotatable bonds is 2. The van der Waals surface area contributed by atoms with E-state index in [0.717, 1.165) is 12.8 Å². The first-order chi connectivity index (χ1) is 6.02. The summed E-state index contributed by atoms with van der Waals surface area (Å²) in [7, 11) is -2.63. The summed E-state index contributed by atoms with van der Waals surface area (Å²) in [6.07, 6.45) is 7.05. The molecule has 0 heterocycles. The highest BCUT2D eigenvalue weighted by atomic mass is 32.2. The Morgan fingerprint density at radius 3 is 2.38 bits per heavy atom. The summed E-state index contributed by atoms with van der Waals surface area (Å²) in [6, 6.07) is 0. The van der Waals surface area contributed by atoms with Gasteiger partial charge in [-0.05, 0) is 12.8 Å². The first-order valence-corrected chi connectivity index (χ1v) is 6.86. The smallest absolute Gasteiger partial charge is 0.441 e. The fourth-order valence-corrected chi connectivity index (χ4v) is 3.25. The minimum atomic E-state index is -2.63. The van der Waals surface area contributed by atoms with E-state index in [2.05, 4.69) is 0 Å². The number of carboxylic acid groups (broad SMARTS) is 1. The van der Waals surface area contributed by atoms with Crippen molar-refractivity contribution < 1.29 is 14.1 Å². The molecule has 0 aliphatic heterocycles. The van der Waals surface area contributed by atoms with Crippen molar-refractivity contribution in [3.63, 3.8) is 0 Å². The molecule has 1 unspecified atom stereocenters. The zero-order chi connectivity index (χ0) is 9.90. The topological polar surface area (TPSA) is 54.4 Å². The first kappa shape index (κ1) is 10.7. The quantitative estimate of drug-likeness (QED) is 0.704. The van der Waals surface area contributed by atoms with E-state index in [1.165, 1.54) is 25.5 Å². The van der Waals surface area contributed by atoms with Crippen molar-refractivity contribution in [1.29, 1.82) is 0 Å². The van der Waals surface area contributed by atoms with E-state index in [-0.39, 0.29) is 0 Å². The molecule has 0 radical (unpaired) electrons. The molecule has 1 aliphatic rings. The van der Waals surface area contributed by atoms with Gasteiger partial charge in [0, 0.05) is 5.92 Å². The van der Waals surface area contributed by atoms with Crippen LogP contribution in [-0.2, 0) is 14.1 Å². The molecule has 3 nitrogen and oxygen atoms in total. The lowest BCUT2D eigenvalue weighted by Gasteiger charge is -2.19. The third-order valence-corrected chi connectivity index (χ3v) is 4.49. The Morgan fingerprint density at radius 1 is 1.38 bits per heavy atom. The summed E-state index contributed by atoms with van der Waals surface area (Å²) in [6.45, 7) is 0. The van der Waals surface area contributed by atoms with E-state index in [0.29, 0.717) is 11.7 Å². The van der Waals surface area contributed by atoms with Gasteiger partial charge in [0.2, 0.25) is 0 Å². The van der Waals surface area contributed by atoms with Gasteiger partial charge in [-0.15, -0.1) is 0 Å². The van der Waals surface area contributed by atoms with Gasteiger partial charge in [-0.3, -0.25) is 0 Å². The Labute approximate surface area is 80.0 Å². The second kappa shape index (κ2) is 4.22. The van der Waals surface area contributed by atoms with Crippen molar-refractivity contribution >= 4 is 15.2 Å². The van der Waals surface area contributed by atoms with Crippen molar-refractivity contribution in [3.05, 3.63) is 0 Å². The molecule has 0 amide bonds. The van der Waals surface area contributed by atoms with Crippen LogP contribution in [0.15, 0.2) is 0 Å². The predicted octanol–water partition coefficient (Wildman–Crippen LogP) is 2.37. The van der Waals surface area contributed by atoms with E-state index in [4.69, 9.17) is 5.11 Å². The molecular formula is C9H17O3S+. The first-order valence-electron chi connectivity index (χ1n) is 4.72. The molecule has 4 heteroatoms. The molecule has 0 spiro atoms. The van der Waals surface area contributed by atoms with Gasteiger partial charge in [-0.25, -0.2) is 0 Å². The van der Waals surface area contributed by atoms with Gasteiger partial charge in [-0.1, -0.05) is 23.5 Å². The van der Waals surface area contributed by atoms with Gasteiger partial charge >= 0.3 is 5.30 Å². The summed E-state index contributed by atoms with van der Waals surface area (Å²) < 4.78 is 11.6. The van der Waals surface area contributed by atoms with E-state index in [1.807, 2.05) is 0 Å². The molecular weight excluding hydrogens is 188 g/mol. The molecule has 0 aromatic rings. The molecule has 0 aromatic heterocycles. The van der Waals surface area contributed by atoms with Crippen LogP contribution in [0.5, 0.6) is 0 Å². The second-order valence-electron chi connectivity index (χ2n) is 3.94. The lowest BCUT2D eigenvalue weighted by Crippen LogP contribution is -2.28. The molecule has 0 bridgehead atoms. The third kappa shape index (κ3) is 3.10. The molecule has 1 fully saturated rings. The normalized spacial score (nSPS) is 23.8. The number of carbonyl (C=O) groups is 1. The fourth-order valence-electron chi connectivity index (χ4n) is 1.87. The van der Waals surface area contributed by atoms with Gasteiger partial charge < -0.3 is 5.11 Å². The number of hydrogen-bond acceptors (Lipinski definition) is 2. The Kier molecular flexibility index (Phi) is 3.47. The summed E-state index contributed by atoms with van der Waals surface area (Å²) in [5, 5.41) is 7.57. The van der Waals surface area contributed by atoms with Crippen LogP contribution in [0.1, 0.15) is 32.1 Å². The Balaban J connectivity index is 2.46. The fraction of sp³-hybridized carbons (Fsp3) is 0.889. The van der Waals surface area contributed by atoms with Crippen LogP contribution in [0, 0.1) is 5.92 Å².